The van der Waals surface area contributed by atoms with Crippen molar-refractivity contribution in [3.05, 3.63) is 83.4 Å². The van der Waals surface area contributed by atoms with Gasteiger partial charge in [-0.05, 0) is 42.5 Å². The number of carbonyl (C=O) groups excluding carboxylic acids is 1. The third-order valence-electron chi connectivity index (χ3n) is 4.74. The van der Waals surface area contributed by atoms with Gasteiger partial charge in [-0.2, -0.15) is 13.2 Å². The van der Waals surface area contributed by atoms with Gasteiger partial charge in [-0.1, -0.05) is 0 Å². The van der Waals surface area contributed by atoms with Gasteiger partial charge in [0, 0.05) is 23.5 Å². The van der Waals surface area contributed by atoms with Gasteiger partial charge in [0.1, 0.15) is 11.6 Å². The molecule has 33 heavy (non-hydrogen) atoms. The molecule has 0 radical (unpaired) electrons. The molecule has 0 saturated heterocycles. The highest BCUT2D eigenvalue weighted by Gasteiger charge is 2.38. The van der Waals surface area contributed by atoms with E-state index in [4.69, 9.17) is 4.74 Å². The van der Waals surface area contributed by atoms with E-state index in [9.17, 15) is 31.1 Å². The zero-order chi connectivity index (χ0) is 23.9. The number of aromatic nitrogens is 2. The summed E-state index contributed by atoms with van der Waals surface area (Å²) in [7, 11) is 1.37. The molecule has 1 heterocycles. The first-order valence-corrected chi connectivity index (χ1v) is 9.28. The Kier molecular flexibility index (Phi) is 5.48. The largest absolute Gasteiger partial charge is 0.497 e. The lowest BCUT2D eigenvalue weighted by Crippen LogP contribution is -2.16. The summed E-state index contributed by atoms with van der Waals surface area (Å²) >= 11 is 0. The second-order valence-electron chi connectivity index (χ2n) is 6.87. The number of fused-ring (bicyclic) bond motifs is 1. The van der Waals surface area contributed by atoms with E-state index in [-0.39, 0.29) is 22.4 Å². The Labute approximate surface area is 182 Å². The molecule has 3 aromatic carbocycles. The second-order valence-corrected chi connectivity index (χ2v) is 6.87. The minimum absolute atomic E-state index is 0.0580. The van der Waals surface area contributed by atoms with Gasteiger partial charge in [0.25, 0.3) is 5.91 Å². The van der Waals surface area contributed by atoms with Crippen LogP contribution in [0.25, 0.3) is 16.7 Å². The number of alkyl halides is 3. The number of imidazole rings is 1. The standard InChI is InChI=1S/C22H13F6N3O2/c1-33-14-6-7-18-17(10-14)30-21(22(26,27)28)31(18)13-4-2-12(3-5-13)29-20(32)15-8-11(23)9-16(24)19(15)25/h2-10H,1H3,(H,29,32). The van der Waals surface area contributed by atoms with E-state index in [1.165, 1.54) is 49.6 Å². The number of hydrogen-bond acceptors (Lipinski definition) is 3. The zero-order valence-corrected chi connectivity index (χ0v) is 16.7. The van der Waals surface area contributed by atoms with E-state index in [2.05, 4.69) is 10.3 Å². The number of halogens is 6. The Balaban J connectivity index is 1.70. The Morgan fingerprint density at radius 2 is 1.70 bits per heavy atom. The van der Waals surface area contributed by atoms with Crippen molar-refractivity contribution in [1.29, 1.82) is 0 Å². The number of nitrogens with one attached hydrogen (secondary N) is 1. The van der Waals surface area contributed by atoms with Crippen LogP contribution in [-0.2, 0) is 6.18 Å². The number of anilines is 1. The van der Waals surface area contributed by atoms with Gasteiger partial charge in [-0.3, -0.25) is 9.36 Å². The van der Waals surface area contributed by atoms with Gasteiger partial charge >= 0.3 is 6.18 Å². The summed E-state index contributed by atoms with van der Waals surface area (Å²) in [5, 5.41) is 2.25. The summed E-state index contributed by atoms with van der Waals surface area (Å²) in [6, 6.07) is 10.2. The third-order valence-corrected chi connectivity index (χ3v) is 4.74. The molecule has 0 saturated carbocycles. The van der Waals surface area contributed by atoms with Crippen LogP contribution in [0.5, 0.6) is 5.75 Å². The number of rotatable bonds is 4. The molecule has 0 aliphatic rings. The number of benzene rings is 3. The number of ether oxygens (including phenoxy) is 1. The van der Waals surface area contributed by atoms with Crippen molar-refractivity contribution in [2.45, 2.75) is 6.18 Å². The summed E-state index contributed by atoms with van der Waals surface area (Å²) < 4.78 is 87.3. The first kappa shape index (κ1) is 22.2. The van der Waals surface area contributed by atoms with Crippen molar-refractivity contribution in [1.82, 2.24) is 9.55 Å². The average molecular weight is 465 g/mol. The molecule has 0 atom stereocenters. The topological polar surface area (TPSA) is 56.1 Å². The van der Waals surface area contributed by atoms with Gasteiger partial charge in [0.05, 0.1) is 23.7 Å². The molecular formula is C22H13F6N3O2. The van der Waals surface area contributed by atoms with Crippen LogP contribution in [0.1, 0.15) is 16.2 Å². The lowest BCUT2D eigenvalue weighted by atomic mass is 10.1. The van der Waals surface area contributed by atoms with Crippen molar-refractivity contribution in [3.8, 4) is 11.4 Å². The van der Waals surface area contributed by atoms with E-state index in [0.717, 1.165) is 4.57 Å². The Morgan fingerprint density at radius 3 is 2.33 bits per heavy atom. The van der Waals surface area contributed by atoms with E-state index >= 15 is 0 Å². The molecule has 0 aliphatic heterocycles. The molecule has 0 fully saturated rings. The van der Waals surface area contributed by atoms with Crippen LogP contribution in [0.4, 0.5) is 32.0 Å². The number of carbonyl (C=O) groups is 1. The Bertz CT molecular complexity index is 1360. The molecule has 1 amide bonds. The van der Waals surface area contributed by atoms with E-state index in [0.29, 0.717) is 17.9 Å². The Morgan fingerprint density at radius 1 is 1.00 bits per heavy atom. The number of amides is 1. The highest BCUT2D eigenvalue weighted by atomic mass is 19.4. The minimum Gasteiger partial charge on any atom is -0.497 e. The maximum absolute atomic E-state index is 13.8. The van der Waals surface area contributed by atoms with E-state index in [1.807, 2.05) is 0 Å². The number of methoxy groups -OCH3 is 1. The highest BCUT2D eigenvalue weighted by molar-refractivity contribution is 6.04. The molecule has 1 aromatic heterocycles. The molecule has 4 aromatic rings. The zero-order valence-electron chi connectivity index (χ0n) is 16.7. The van der Waals surface area contributed by atoms with Crippen molar-refractivity contribution >= 4 is 22.6 Å². The first-order valence-electron chi connectivity index (χ1n) is 9.28. The number of hydrogen-bond donors (Lipinski definition) is 1. The molecule has 1 N–H and O–H groups in total. The fourth-order valence-electron chi connectivity index (χ4n) is 3.25. The predicted molar refractivity (Wildman–Crippen MR) is 107 cm³/mol. The van der Waals surface area contributed by atoms with Gasteiger partial charge < -0.3 is 10.1 Å². The monoisotopic (exact) mass is 465 g/mol. The molecule has 4 rings (SSSR count). The smallest absolute Gasteiger partial charge is 0.450 e. The molecule has 0 spiro atoms. The van der Waals surface area contributed by atoms with Crippen LogP contribution in [-0.4, -0.2) is 22.6 Å². The van der Waals surface area contributed by atoms with Crippen LogP contribution >= 0.6 is 0 Å². The fourth-order valence-corrected chi connectivity index (χ4v) is 3.25. The van der Waals surface area contributed by atoms with Gasteiger partial charge in [0.2, 0.25) is 5.82 Å². The van der Waals surface area contributed by atoms with Gasteiger partial charge in [0.15, 0.2) is 11.6 Å². The second kappa shape index (κ2) is 8.15. The summed E-state index contributed by atoms with van der Waals surface area (Å²) in [6.45, 7) is 0. The van der Waals surface area contributed by atoms with Crippen molar-refractivity contribution in [2.24, 2.45) is 0 Å². The maximum Gasteiger partial charge on any atom is 0.450 e. The fraction of sp³-hybridized carbons (Fsp3) is 0.0909. The Hall–Kier alpha value is -4.02. The summed E-state index contributed by atoms with van der Waals surface area (Å²) in [4.78, 5) is 15.9. The highest BCUT2D eigenvalue weighted by Crippen LogP contribution is 2.35. The summed E-state index contributed by atoms with van der Waals surface area (Å²) in [5.74, 6) is -6.16. The lowest BCUT2D eigenvalue weighted by molar-refractivity contribution is -0.145. The van der Waals surface area contributed by atoms with Gasteiger partial charge in [-0.15, -0.1) is 0 Å². The van der Waals surface area contributed by atoms with Crippen LogP contribution in [0, 0.1) is 17.5 Å². The SMILES string of the molecule is COc1ccc2c(c1)nc(C(F)(F)F)n2-c1ccc(NC(=O)c2cc(F)cc(F)c2F)cc1. The minimum atomic E-state index is -4.77. The van der Waals surface area contributed by atoms with Crippen LogP contribution in [0.3, 0.4) is 0 Å². The molecule has 5 nitrogen and oxygen atoms in total. The van der Waals surface area contributed by atoms with Crippen LogP contribution in [0.15, 0.2) is 54.6 Å². The average Bonchev–Trinajstić information content (AvgIpc) is 3.16. The van der Waals surface area contributed by atoms with Crippen LogP contribution < -0.4 is 10.1 Å². The predicted octanol–water partition coefficient (Wildman–Crippen LogP) is 5.72. The van der Waals surface area contributed by atoms with E-state index < -0.39 is 40.9 Å². The van der Waals surface area contributed by atoms with Crippen molar-refractivity contribution in [2.75, 3.05) is 12.4 Å². The van der Waals surface area contributed by atoms with Gasteiger partial charge in [-0.25, -0.2) is 18.2 Å². The maximum atomic E-state index is 13.8. The number of nitrogens with zero attached hydrogens (tertiary/aromatic N) is 2. The quantitative estimate of drug-likeness (QED) is 0.310. The van der Waals surface area contributed by atoms with Crippen molar-refractivity contribution in [3.63, 3.8) is 0 Å². The third kappa shape index (κ3) is 4.21. The molecule has 0 aliphatic carbocycles. The molecule has 170 valence electrons. The molecule has 11 heteroatoms. The summed E-state index contributed by atoms with van der Waals surface area (Å²) in [6.07, 6.45) is -4.77. The van der Waals surface area contributed by atoms with E-state index in [1.54, 1.807) is 0 Å². The lowest BCUT2D eigenvalue weighted by Gasteiger charge is -2.13. The normalized spacial score (nSPS) is 11.6. The molecular weight excluding hydrogens is 452 g/mol. The summed E-state index contributed by atoms with van der Waals surface area (Å²) in [5.41, 5.74) is -0.492. The van der Waals surface area contributed by atoms with Crippen molar-refractivity contribution < 1.29 is 35.9 Å². The molecule has 0 bridgehead atoms. The van der Waals surface area contributed by atoms with Crippen LogP contribution in [0.2, 0.25) is 0 Å². The first-order chi connectivity index (χ1) is 15.6. The molecule has 0 unspecified atom stereocenters.